The van der Waals surface area contributed by atoms with Crippen LogP contribution in [-0.4, -0.2) is 26.4 Å². The van der Waals surface area contributed by atoms with Gasteiger partial charge in [-0.15, -0.1) is 21.5 Å². The SMILES string of the molecule is Cc1ccc(-n2c(SCC(=O)NCc3cccs3)nnc2-c2ccccc2)cc1. The Bertz CT molecular complexity index is 1070. The molecule has 0 radical (unpaired) electrons. The maximum Gasteiger partial charge on any atom is 0.230 e. The smallest absolute Gasteiger partial charge is 0.230 e. The first kappa shape index (κ1) is 19.4. The fourth-order valence-electron chi connectivity index (χ4n) is 2.84. The number of benzene rings is 2. The number of carbonyl (C=O) groups is 1. The third-order valence-electron chi connectivity index (χ3n) is 4.33. The van der Waals surface area contributed by atoms with Gasteiger partial charge >= 0.3 is 0 Å². The van der Waals surface area contributed by atoms with Crippen molar-refractivity contribution in [2.75, 3.05) is 5.75 Å². The van der Waals surface area contributed by atoms with Crippen molar-refractivity contribution in [2.45, 2.75) is 18.6 Å². The van der Waals surface area contributed by atoms with Crippen molar-refractivity contribution >= 4 is 29.0 Å². The van der Waals surface area contributed by atoms with Crippen molar-refractivity contribution in [3.05, 3.63) is 82.6 Å². The van der Waals surface area contributed by atoms with E-state index in [1.54, 1.807) is 11.3 Å². The van der Waals surface area contributed by atoms with Crippen LogP contribution in [0.2, 0.25) is 0 Å². The van der Waals surface area contributed by atoms with Crippen LogP contribution < -0.4 is 5.32 Å². The lowest BCUT2D eigenvalue weighted by Gasteiger charge is -2.11. The summed E-state index contributed by atoms with van der Waals surface area (Å²) in [6, 6.07) is 22.2. The van der Waals surface area contributed by atoms with Gasteiger partial charge in [-0.1, -0.05) is 65.9 Å². The molecule has 7 heteroatoms. The minimum Gasteiger partial charge on any atom is -0.350 e. The van der Waals surface area contributed by atoms with Gasteiger partial charge in [-0.05, 0) is 30.5 Å². The molecule has 0 aliphatic heterocycles. The van der Waals surface area contributed by atoms with E-state index in [9.17, 15) is 4.79 Å². The number of amides is 1. The van der Waals surface area contributed by atoms with Crippen molar-refractivity contribution < 1.29 is 4.79 Å². The van der Waals surface area contributed by atoms with Gasteiger partial charge in [0, 0.05) is 16.1 Å². The molecule has 0 bridgehead atoms. The minimum atomic E-state index is -0.0249. The molecule has 2 heterocycles. The molecule has 0 unspecified atom stereocenters. The van der Waals surface area contributed by atoms with E-state index in [1.807, 2.05) is 64.5 Å². The first-order chi connectivity index (χ1) is 14.2. The Morgan fingerprint density at radius 2 is 1.83 bits per heavy atom. The Morgan fingerprint density at radius 3 is 2.55 bits per heavy atom. The van der Waals surface area contributed by atoms with Crippen LogP contribution in [0.3, 0.4) is 0 Å². The van der Waals surface area contributed by atoms with E-state index in [1.165, 1.54) is 17.3 Å². The van der Waals surface area contributed by atoms with Crippen LogP contribution in [0.25, 0.3) is 17.1 Å². The van der Waals surface area contributed by atoms with Crippen LogP contribution in [0.5, 0.6) is 0 Å². The second-order valence-corrected chi connectivity index (χ2v) is 8.46. The maximum atomic E-state index is 12.3. The van der Waals surface area contributed by atoms with Gasteiger partial charge in [-0.3, -0.25) is 9.36 Å². The molecule has 2 aromatic heterocycles. The summed E-state index contributed by atoms with van der Waals surface area (Å²) in [5, 5.41) is 14.4. The van der Waals surface area contributed by atoms with Gasteiger partial charge < -0.3 is 5.32 Å². The van der Waals surface area contributed by atoms with E-state index in [0.717, 1.165) is 22.0 Å². The van der Waals surface area contributed by atoms with Gasteiger partial charge in [0.25, 0.3) is 0 Å². The van der Waals surface area contributed by atoms with E-state index in [-0.39, 0.29) is 11.7 Å². The molecular formula is C22H20N4OS2. The predicted molar refractivity (Wildman–Crippen MR) is 118 cm³/mol. The van der Waals surface area contributed by atoms with Gasteiger partial charge in [0.2, 0.25) is 5.91 Å². The number of hydrogen-bond acceptors (Lipinski definition) is 5. The highest BCUT2D eigenvalue weighted by Gasteiger charge is 2.17. The van der Waals surface area contributed by atoms with E-state index in [0.29, 0.717) is 11.7 Å². The van der Waals surface area contributed by atoms with Crippen molar-refractivity contribution in [2.24, 2.45) is 0 Å². The summed E-state index contributed by atoms with van der Waals surface area (Å²) in [5.41, 5.74) is 3.14. The zero-order valence-electron chi connectivity index (χ0n) is 15.9. The molecule has 29 heavy (non-hydrogen) atoms. The topological polar surface area (TPSA) is 59.8 Å². The molecule has 0 fully saturated rings. The van der Waals surface area contributed by atoms with E-state index < -0.39 is 0 Å². The molecule has 1 N–H and O–H groups in total. The zero-order valence-corrected chi connectivity index (χ0v) is 17.5. The Balaban J connectivity index is 1.55. The highest BCUT2D eigenvalue weighted by molar-refractivity contribution is 7.99. The average Bonchev–Trinajstić information content (AvgIpc) is 3.42. The average molecular weight is 421 g/mol. The fourth-order valence-corrected chi connectivity index (χ4v) is 4.27. The monoisotopic (exact) mass is 420 g/mol. The first-order valence-electron chi connectivity index (χ1n) is 9.20. The molecule has 0 spiro atoms. The molecule has 0 aliphatic rings. The molecule has 146 valence electrons. The second kappa shape index (κ2) is 9.07. The molecule has 5 nitrogen and oxygen atoms in total. The van der Waals surface area contributed by atoms with Crippen molar-refractivity contribution in [3.8, 4) is 17.1 Å². The number of nitrogens with zero attached hydrogens (tertiary/aromatic N) is 3. The van der Waals surface area contributed by atoms with Crippen LogP contribution in [0.1, 0.15) is 10.4 Å². The maximum absolute atomic E-state index is 12.3. The molecule has 4 rings (SSSR count). The molecule has 1 amide bonds. The predicted octanol–water partition coefficient (Wildman–Crippen LogP) is 4.71. The van der Waals surface area contributed by atoms with Gasteiger partial charge in [0.1, 0.15) is 0 Å². The normalized spacial score (nSPS) is 10.8. The van der Waals surface area contributed by atoms with Crippen LogP contribution >= 0.6 is 23.1 Å². The van der Waals surface area contributed by atoms with E-state index >= 15 is 0 Å². The Morgan fingerprint density at radius 1 is 1.03 bits per heavy atom. The van der Waals surface area contributed by atoms with Crippen molar-refractivity contribution in [1.82, 2.24) is 20.1 Å². The fraction of sp³-hybridized carbons (Fsp3) is 0.136. The highest BCUT2D eigenvalue weighted by Crippen LogP contribution is 2.28. The number of nitrogens with one attached hydrogen (secondary N) is 1. The van der Waals surface area contributed by atoms with Crippen molar-refractivity contribution in [3.63, 3.8) is 0 Å². The summed E-state index contributed by atoms with van der Waals surface area (Å²) in [4.78, 5) is 13.4. The standard InChI is InChI=1S/C22H20N4OS2/c1-16-9-11-18(12-10-16)26-21(17-6-3-2-4-7-17)24-25-22(26)29-15-20(27)23-14-19-8-5-13-28-19/h2-13H,14-15H2,1H3,(H,23,27). The van der Waals surface area contributed by atoms with Gasteiger partial charge in [0.15, 0.2) is 11.0 Å². The number of hydrogen-bond donors (Lipinski definition) is 1. The summed E-state index contributed by atoms with van der Waals surface area (Å²) >= 11 is 3.02. The molecule has 0 atom stereocenters. The quantitative estimate of drug-likeness (QED) is 0.440. The van der Waals surface area contributed by atoms with Crippen LogP contribution in [0.15, 0.2) is 77.3 Å². The Labute approximate surface area is 177 Å². The minimum absolute atomic E-state index is 0.0249. The zero-order chi connectivity index (χ0) is 20.1. The molecular weight excluding hydrogens is 400 g/mol. The van der Waals surface area contributed by atoms with Gasteiger partial charge in [0.05, 0.1) is 12.3 Å². The van der Waals surface area contributed by atoms with E-state index in [4.69, 9.17) is 0 Å². The third kappa shape index (κ3) is 4.75. The summed E-state index contributed by atoms with van der Waals surface area (Å²) in [6.07, 6.45) is 0. The van der Waals surface area contributed by atoms with E-state index in [2.05, 4.69) is 34.6 Å². The number of thioether (sulfide) groups is 1. The lowest BCUT2D eigenvalue weighted by atomic mass is 10.2. The molecule has 0 saturated heterocycles. The lowest BCUT2D eigenvalue weighted by Crippen LogP contribution is -2.24. The summed E-state index contributed by atoms with van der Waals surface area (Å²) in [6.45, 7) is 2.61. The molecule has 0 aliphatic carbocycles. The Kier molecular flexibility index (Phi) is 6.07. The van der Waals surface area contributed by atoms with Crippen molar-refractivity contribution in [1.29, 1.82) is 0 Å². The number of rotatable bonds is 7. The first-order valence-corrected chi connectivity index (χ1v) is 11.1. The summed E-state index contributed by atoms with van der Waals surface area (Å²) in [7, 11) is 0. The van der Waals surface area contributed by atoms with Gasteiger partial charge in [-0.25, -0.2) is 0 Å². The van der Waals surface area contributed by atoms with Gasteiger partial charge in [-0.2, -0.15) is 0 Å². The van der Waals surface area contributed by atoms with Crippen LogP contribution in [-0.2, 0) is 11.3 Å². The Hall–Kier alpha value is -2.90. The number of thiophene rings is 1. The number of carbonyl (C=O) groups excluding carboxylic acids is 1. The molecule has 4 aromatic rings. The third-order valence-corrected chi connectivity index (χ3v) is 6.14. The molecule has 2 aromatic carbocycles. The number of aromatic nitrogens is 3. The van der Waals surface area contributed by atoms with Crippen LogP contribution in [0, 0.1) is 6.92 Å². The number of aryl methyl sites for hydroxylation is 1. The molecule has 0 saturated carbocycles. The summed E-state index contributed by atoms with van der Waals surface area (Å²) in [5.74, 6) is 1.02. The lowest BCUT2D eigenvalue weighted by molar-refractivity contribution is -0.118. The largest absolute Gasteiger partial charge is 0.350 e. The highest BCUT2D eigenvalue weighted by atomic mass is 32.2. The second-order valence-electron chi connectivity index (χ2n) is 6.49. The summed E-state index contributed by atoms with van der Waals surface area (Å²) < 4.78 is 2.01. The van der Waals surface area contributed by atoms with Crippen LogP contribution in [0.4, 0.5) is 0 Å².